The van der Waals surface area contributed by atoms with E-state index >= 15 is 0 Å². The van der Waals surface area contributed by atoms with E-state index in [9.17, 15) is 9.59 Å². The number of halogens is 1. The van der Waals surface area contributed by atoms with E-state index in [1.165, 1.54) is 0 Å². The van der Waals surface area contributed by atoms with Crippen molar-refractivity contribution in [1.29, 1.82) is 0 Å². The number of rotatable bonds is 6. The maximum Gasteiger partial charge on any atom is 0.339 e. The monoisotopic (exact) mass is 416 g/mol. The molecule has 1 aromatic heterocycles. The molecule has 0 atom stereocenters. The second-order valence-corrected chi connectivity index (χ2v) is 7.04. The minimum Gasteiger partial charge on any atom is -0.489 e. The summed E-state index contributed by atoms with van der Waals surface area (Å²) in [4.78, 5) is 23.1. The number of fused-ring (bicyclic) bond motifs is 2. The van der Waals surface area contributed by atoms with Crippen LogP contribution in [0.25, 0.3) is 11.0 Å². The lowest BCUT2D eigenvalue weighted by Gasteiger charge is -2.11. The molecule has 1 aliphatic rings. The molecule has 0 unspecified atom stereocenters. The molecule has 29 heavy (non-hydrogen) atoms. The first-order valence-corrected chi connectivity index (χ1v) is 9.29. The third-order valence-electron chi connectivity index (χ3n) is 4.78. The summed E-state index contributed by atoms with van der Waals surface area (Å²) >= 11 is 6.26. The standard InChI is InChI=1S/C21H17ClO7/c1-11-14-3-2-13(7-17(14)29-21(25)15(11)4-5-20(23)24)26-9-12-6-18-19(8-16(12)22)28-10-27-18/h2-3,6-8H,4-5,9-10H2,1H3,(H,23,24). The van der Waals surface area contributed by atoms with E-state index < -0.39 is 11.6 Å². The lowest BCUT2D eigenvalue weighted by Crippen LogP contribution is -2.12. The predicted octanol–water partition coefficient (Wildman–Crippen LogP) is 4.08. The third-order valence-corrected chi connectivity index (χ3v) is 5.14. The highest BCUT2D eigenvalue weighted by Gasteiger charge is 2.17. The van der Waals surface area contributed by atoms with Gasteiger partial charge < -0.3 is 23.7 Å². The van der Waals surface area contributed by atoms with Gasteiger partial charge >= 0.3 is 11.6 Å². The maximum atomic E-state index is 12.3. The number of ether oxygens (including phenoxy) is 3. The van der Waals surface area contributed by atoms with Crippen molar-refractivity contribution in [2.45, 2.75) is 26.4 Å². The molecule has 4 rings (SSSR count). The van der Waals surface area contributed by atoms with Gasteiger partial charge in [-0.2, -0.15) is 0 Å². The molecular formula is C21H17ClO7. The first kappa shape index (κ1) is 19.1. The smallest absolute Gasteiger partial charge is 0.339 e. The number of carboxylic acids is 1. The fourth-order valence-electron chi connectivity index (χ4n) is 3.22. The second kappa shape index (κ2) is 7.67. The highest BCUT2D eigenvalue weighted by Crippen LogP contribution is 2.37. The van der Waals surface area contributed by atoms with Gasteiger partial charge in [0.15, 0.2) is 11.5 Å². The summed E-state index contributed by atoms with van der Waals surface area (Å²) in [5.41, 5.74) is 1.66. The summed E-state index contributed by atoms with van der Waals surface area (Å²) in [5, 5.41) is 10.1. The van der Waals surface area contributed by atoms with Crippen molar-refractivity contribution in [2.24, 2.45) is 0 Å². The molecular weight excluding hydrogens is 400 g/mol. The van der Waals surface area contributed by atoms with Crippen LogP contribution in [0.4, 0.5) is 0 Å². The van der Waals surface area contributed by atoms with E-state index in [2.05, 4.69) is 0 Å². The Morgan fingerprint density at radius 1 is 1.21 bits per heavy atom. The average Bonchev–Trinajstić information content (AvgIpc) is 3.12. The zero-order chi connectivity index (χ0) is 20.5. The van der Waals surface area contributed by atoms with Crippen molar-refractivity contribution in [3.63, 3.8) is 0 Å². The summed E-state index contributed by atoms with van der Waals surface area (Å²) in [5.74, 6) is 0.754. The van der Waals surface area contributed by atoms with Gasteiger partial charge in [0, 0.05) is 35.1 Å². The highest BCUT2D eigenvalue weighted by atomic mass is 35.5. The van der Waals surface area contributed by atoms with Gasteiger partial charge in [-0.25, -0.2) is 4.79 Å². The number of aliphatic carboxylic acids is 1. The summed E-state index contributed by atoms with van der Waals surface area (Å²) in [6, 6.07) is 8.63. The number of hydrogen-bond acceptors (Lipinski definition) is 6. The van der Waals surface area contributed by atoms with Crippen LogP contribution in [0.15, 0.2) is 39.5 Å². The van der Waals surface area contributed by atoms with Crippen molar-refractivity contribution < 1.29 is 28.5 Å². The SMILES string of the molecule is Cc1c(CCC(=O)O)c(=O)oc2cc(OCc3cc4c(cc3Cl)OCO4)ccc12. The molecule has 2 heterocycles. The molecule has 150 valence electrons. The molecule has 0 fully saturated rings. The molecule has 0 saturated heterocycles. The molecule has 2 aromatic carbocycles. The van der Waals surface area contributed by atoms with Crippen LogP contribution >= 0.6 is 11.6 Å². The van der Waals surface area contributed by atoms with E-state index in [1.54, 1.807) is 37.3 Å². The van der Waals surface area contributed by atoms with Gasteiger partial charge in [-0.1, -0.05) is 11.6 Å². The molecule has 3 aromatic rings. The minimum absolute atomic E-state index is 0.125. The van der Waals surface area contributed by atoms with Crippen LogP contribution in [0.5, 0.6) is 17.2 Å². The van der Waals surface area contributed by atoms with E-state index in [4.69, 9.17) is 35.3 Å². The quantitative estimate of drug-likeness (QED) is 0.605. The molecule has 1 aliphatic heterocycles. The van der Waals surface area contributed by atoms with Crippen LogP contribution in [-0.2, 0) is 17.8 Å². The van der Waals surface area contributed by atoms with E-state index in [0.29, 0.717) is 39.0 Å². The van der Waals surface area contributed by atoms with Crippen molar-refractivity contribution in [3.8, 4) is 17.2 Å². The molecule has 0 aliphatic carbocycles. The Balaban J connectivity index is 1.57. The Labute approximate surface area is 170 Å². The van der Waals surface area contributed by atoms with Gasteiger partial charge in [-0.3, -0.25) is 4.79 Å². The van der Waals surface area contributed by atoms with Crippen LogP contribution in [0.2, 0.25) is 5.02 Å². The van der Waals surface area contributed by atoms with Gasteiger partial charge in [0.25, 0.3) is 0 Å². The number of aryl methyl sites for hydroxylation is 1. The fraction of sp³-hybridized carbons (Fsp3) is 0.238. The molecule has 7 nitrogen and oxygen atoms in total. The van der Waals surface area contributed by atoms with Crippen LogP contribution in [0, 0.1) is 6.92 Å². The van der Waals surface area contributed by atoms with Gasteiger partial charge in [0.05, 0.1) is 5.02 Å². The van der Waals surface area contributed by atoms with E-state index in [0.717, 1.165) is 10.9 Å². The zero-order valence-corrected chi connectivity index (χ0v) is 16.2. The lowest BCUT2D eigenvalue weighted by molar-refractivity contribution is -0.136. The predicted molar refractivity (Wildman–Crippen MR) is 105 cm³/mol. The van der Waals surface area contributed by atoms with E-state index in [-0.39, 0.29) is 26.2 Å². The van der Waals surface area contributed by atoms with Crippen molar-refractivity contribution in [2.75, 3.05) is 6.79 Å². The van der Waals surface area contributed by atoms with Gasteiger partial charge in [0.2, 0.25) is 6.79 Å². The van der Waals surface area contributed by atoms with Gasteiger partial charge in [-0.05, 0) is 37.1 Å². The Bertz CT molecular complexity index is 1170. The van der Waals surface area contributed by atoms with Gasteiger partial charge in [0.1, 0.15) is 17.9 Å². The number of hydrogen-bond donors (Lipinski definition) is 1. The maximum absolute atomic E-state index is 12.3. The molecule has 0 bridgehead atoms. The fourth-order valence-corrected chi connectivity index (χ4v) is 3.42. The number of benzene rings is 2. The Hall–Kier alpha value is -3.19. The first-order valence-electron chi connectivity index (χ1n) is 8.91. The lowest BCUT2D eigenvalue weighted by atomic mass is 10.0. The normalized spacial score (nSPS) is 12.3. The second-order valence-electron chi connectivity index (χ2n) is 6.63. The van der Waals surface area contributed by atoms with Crippen molar-refractivity contribution in [3.05, 3.63) is 62.5 Å². The van der Waals surface area contributed by atoms with Crippen molar-refractivity contribution in [1.82, 2.24) is 0 Å². The highest BCUT2D eigenvalue weighted by molar-refractivity contribution is 6.31. The van der Waals surface area contributed by atoms with Crippen LogP contribution < -0.4 is 19.8 Å². The number of carboxylic acid groups (broad SMARTS) is 1. The first-order chi connectivity index (χ1) is 13.9. The van der Waals surface area contributed by atoms with Crippen molar-refractivity contribution >= 4 is 28.5 Å². The Morgan fingerprint density at radius 2 is 1.97 bits per heavy atom. The molecule has 0 saturated carbocycles. The van der Waals surface area contributed by atoms with Crippen LogP contribution in [0.3, 0.4) is 0 Å². The molecule has 0 radical (unpaired) electrons. The van der Waals surface area contributed by atoms with E-state index in [1.807, 2.05) is 0 Å². The summed E-state index contributed by atoms with van der Waals surface area (Å²) in [6.45, 7) is 2.14. The summed E-state index contributed by atoms with van der Waals surface area (Å²) in [7, 11) is 0. The summed E-state index contributed by atoms with van der Waals surface area (Å²) < 4.78 is 21.8. The minimum atomic E-state index is -0.963. The van der Waals surface area contributed by atoms with Gasteiger partial charge in [-0.15, -0.1) is 0 Å². The van der Waals surface area contributed by atoms with Crippen LogP contribution in [-0.4, -0.2) is 17.9 Å². The number of carbonyl (C=O) groups is 1. The summed E-state index contributed by atoms with van der Waals surface area (Å²) in [6.07, 6.45) is -0.00506. The van der Waals surface area contributed by atoms with Crippen LogP contribution in [0.1, 0.15) is 23.1 Å². The Morgan fingerprint density at radius 3 is 2.72 bits per heavy atom. The molecule has 8 heteroatoms. The average molecular weight is 417 g/mol. The third kappa shape index (κ3) is 3.86. The molecule has 1 N–H and O–H groups in total. The topological polar surface area (TPSA) is 95.2 Å². The zero-order valence-electron chi connectivity index (χ0n) is 15.5. The Kier molecular flexibility index (Phi) is 5.07. The molecule has 0 amide bonds. The molecule has 0 spiro atoms. The largest absolute Gasteiger partial charge is 0.489 e.